The molecule has 0 aliphatic carbocycles. The lowest BCUT2D eigenvalue weighted by Gasteiger charge is -2.26. The van der Waals surface area contributed by atoms with Crippen molar-refractivity contribution >= 4 is 23.6 Å². The number of benzene rings is 1. The van der Waals surface area contributed by atoms with Crippen molar-refractivity contribution in [2.45, 2.75) is 44.9 Å². The van der Waals surface area contributed by atoms with Crippen LogP contribution in [-0.2, 0) is 14.4 Å². The van der Waals surface area contributed by atoms with Gasteiger partial charge >= 0.3 is 0 Å². The average Bonchev–Trinajstić information content (AvgIpc) is 3.19. The fourth-order valence-electron chi connectivity index (χ4n) is 3.78. The highest BCUT2D eigenvalue weighted by atomic mass is 16.5. The summed E-state index contributed by atoms with van der Waals surface area (Å²) in [6, 6.07) is 4.62. The zero-order valence-electron chi connectivity index (χ0n) is 18.3. The van der Waals surface area contributed by atoms with Gasteiger partial charge in [-0.05, 0) is 24.5 Å². The summed E-state index contributed by atoms with van der Waals surface area (Å²) in [6.45, 7) is 4.41. The molecule has 0 radical (unpaired) electrons. The summed E-state index contributed by atoms with van der Waals surface area (Å²) in [7, 11) is 0. The van der Waals surface area contributed by atoms with Gasteiger partial charge in [0.15, 0.2) is 0 Å². The number of para-hydroxylation sites is 1. The highest BCUT2D eigenvalue weighted by molar-refractivity contribution is 6.01. The Kier molecular flexibility index (Phi) is 7.68. The van der Waals surface area contributed by atoms with E-state index in [1.54, 1.807) is 38.1 Å². The van der Waals surface area contributed by atoms with Gasteiger partial charge < -0.3 is 30.7 Å². The Balaban J connectivity index is 1.89. The Labute approximate surface area is 186 Å². The summed E-state index contributed by atoms with van der Waals surface area (Å²) in [5.41, 5.74) is 0.218. The van der Waals surface area contributed by atoms with Gasteiger partial charge in [0.05, 0.1) is 24.6 Å². The number of aliphatic hydroxyl groups excluding tert-OH is 1. The van der Waals surface area contributed by atoms with Crippen LogP contribution in [-0.4, -0.2) is 78.1 Å². The Morgan fingerprint density at radius 2 is 1.94 bits per heavy atom. The monoisotopic (exact) mass is 446 g/mol. The first-order chi connectivity index (χ1) is 15.3. The Morgan fingerprint density at radius 1 is 1.19 bits per heavy atom. The van der Waals surface area contributed by atoms with Gasteiger partial charge in [0.2, 0.25) is 17.7 Å². The van der Waals surface area contributed by atoms with E-state index in [2.05, 4.69) is 16.0 Å². The molecule has 174 valence electrons. The normalized spacial score (nSPS) is 25.2. The Morgan fingerprint density at radius 3 is 2.62 bits per heavy atom. The highest BCUT2D eigenvalue weighted by Gasteiger charge is 2.34. The molecule has 1 fully saturated rings. The van der Waals surface area contributed by atoms with Crippen molar-refractivity contribution in [1.82, 2.24) is 20.9 Å². The number of fused-ring (bicyclic) bond motifs is 1. The predicted molar refractivity (Wildman–Crippen MR) is 115 cm³/mol. The second-order valence-electron chi connectivity index (χ2n) is 8.38. The summed E-state index contributed by atoms with van der Waals surface area (Å²) in [4.78, 5) is 52.8. The maximum absolute atomic E-state index is 13.1. The molecule has 1 aromatic carbocycles. The predicted octanol–water partition coefficient (Wildman–Crippen LogP) is -0.582. The smallest absolute Gasteiger partial charge is 0.255 e. The number of hydrogen-bond acceptors (Lipinski definition) is 6. The second-order valence-corrected chi connectivity index (χ2v) is 8.38. The van der Waals surface area contributed by atoms with Gasteiger partial charge in [-0.3, -0.25) is 19.2 Å². The minimum absolute atomic E-state index is 0.128. The number of carbonyl (C=O) groups is 4. The van der Waals surface area contributed by atoms with E-state index >= 15 is 0 Å². The van der Waals surface area contributed by atoms with E-state index in [9.17, 15) is 24.3 Å². The lowest BCUT2D eigenvalue weighted by atomic mass is 10.0. The van der Waals surface area contributed by atoms with E-state index in [0.717, 1.165) is 0 Å². The number of ether oxygens (including phenoxy) is 1. The highest BCUT2D eigenvalue weighted by Crippen LogP contribution is 2.19. The molecule has 2 aliphatic heterocycles. The molecule has 0 spiro atoms. The van der Waals surface area contributed by atoms with E-state index in [1.807, 2.05) is 0 Å². The molecule has 10 heteroatoms. The third kappa shape index (κ3) is 5.76. The molecule has 0 bridgehead atoms. The van der Waals surface area contributed by atoms with Crippen molar-refractivity contribution in [3.63, 3.8) is 0 Å². The molecule has 10 nitrogen and oxygen atoms in total. The molecule has 0 aromatic heterocycles. The first-order valence-corrected chi connectivity index (χ1v) is 10.8. The molecular weight excluding hydrogens is 416 g/mol. The van der Waals surface area contributed by atoms with Crippen molar-refractivity contribution in [2.75, 3.05) is 26.2 Å². The summed E-state index contributed by atoms with van der Waals surface area (Å²) < 4.78 is 5.69. The van der Waals surface area contributed by atoms with Crippen LogP contribution in [0, 0.1) is 5.92 Å². The average molecular weight is 447 g/mol. The minimum atomic E-state index is -1.15. The molecule has 3 atom stereocenters. The number of nitrogens with one attached hydrogen (secondary N) is 3. The van der Waals surface area contributed by atoms with Crippen LogP contribution in [0.4, 0.5) is 0 Å². The maximum Gasteiger partial charge on any atom is 0.255 e. The zero-order chi connectivity index (χ0) is 23.3. The molecule has 1 aromatic rings. The number of rotatable bonds is 2. The number of amides is 4. The van der Waals surface area contributed by atoms with Crippen LogP contribution < -0.4 is 20.7 Å². The van der Waals surface area contributed by atoms with Crippen LogP contribution >= 0.6 is 0 Å². The first-order valence-electron chi connectivity index (χ1n) is 10.8. The van der Waals surface area contributed by atoms with E-state index in [0.29, 0.717) is 18.7 Å². The number of likely N-dealkylation sites (tertiary alicyclic amines) is 1. The minimum Gasteiger partial charge on any atom is -0.491 e. The summed E-state index contributed by atoms with van der Waals surface area (Å²) in [6.07, 6.45) is -0.535. The van der Waals surface area contributed by atoms with E-state index < -0.39 is 35.9 Å². The summed E-state index contributed by atoms with van der Waals surface area (Å²) >= 11 is 0. The van der Waals surface area contributed by atoms with Gasteiger partial charge in [-0.2, -0.15) is 0 Å². The van der Waals surface area contributed by atoms with Crippen LogP contribution in [0.5, 0.6) is 5.75 Å². The molecule has 0 saturated carbocycles. The Hall–Kier alpha value is -3.14. The van der Waals surface area contributed by atoms with Crippen LogP contribution in [0.15, 0.2) is 24.3 Å². The van der Waals surface area contributed by atoms with Gasteiger partial charge in [-0.1, -0.05) is 26.0 Å². The fourth-order valence-corrected chi connectivity index (χ4v) is 3.78. The van der Waals surface area contributed by atoms with Crippen molar-refractivity contribution in [2.24, 2.45) is 5.92 Å². The molecule has 4 N–H and O–H groups in total. The van der Waals surface area contributed by atoms with Crippen molar-refractivity contribution in [1.29, 1.82) is 0 Å². The fraction of sp³-hybridized carbons (Fsp3) is 0.545. The second kappa shape index (κ2) is 10.4. The molecular formula is C22H30N4O6. The molecule has 32 heavy (non-hydrogen) atoms. The van der Waals surface area contributed by atoms with E-state index in [-0.39, 0.29) is 43.5 Å². The molecule has 2 heterocycles. The van der Waals surface area contributed by atoms with Gasteiger partial charge in [0.25, 0.3) is 5.91 Å². The van der Waals surface area contributed by atoms with Gasteiger partial charge in [-0.15, -0.1) is 0 Å². The van der Waals surface area contributed by atoms with E-state index in [4.69, 9.17) is 4.74 Å². The third-order valence-corrected chi connectivity index (χ3v) is 5.52. The maximum atomic E-state index is 13.1. The molecule has 2 aliphatic rings. The standard InChI is InChI=1S/C22H30N4O6/c1-13(2)19-21(30)23-8-10-32-17-6-4-3-5-15(17)20(29)24-16(11-18(28)25-19)22(31)26-9-7-14(27)12-26/h3-6,13-14,16,19,27H,7-12H2,1-2H3,(H,23,30)(H,24,29)(H,25,28)/t14-,16+,19-/m1/s1. The number of hydrogen-bond donors (Lipinski definition) is 4. The topological polar surface area (TPSA) is 137 Å². The third-order valence-electron chi connectivity index (χ3n) is 5.52. The lowest BCUT2D eigenvalue weighted by Crippen LogP contribution is -2.54. The van der Waals surface area contributed by atoms with Crippen LogP contribution in [0.25, 0.3) is 0 Å². The zero-order valence-corrected chi connectivity index (χ0v) is 18.3. The van der Waals surface area contributed by atoms with Gasteiger partial charge in [0, 0.05) is 13.1 Å². The van der Waals surface area contributed by atoms with Crippen molar-refractivity contribution < 1.29 is 29.0 Å². The molecule has 0 unspecified atom stereocenters. The van der Waals surface area contributed by atoms with Crippen LogP contribution in [0.2, 0.25) is 0 Å². The first kappa shape index (κ1) is 23.5. The Bertz CT molecular complexity index is 874. The molecule has 4 amide bonds. The van der Waals surface area contributed by atoms with Crippen molar-refractivity contribution in [3.05, 3.63) is 29.8 Å². The van der Waals surface area contributed by atoms with Gasteiger partial charge in [0.1, 0.15) is 24.4 Å². The molecule has 3 rings (SSSR count). The SMILES string of the molecule is CC(C)[C@H]1NC(=O)C[C@@H](C(=O)N2CC[C@@H](O)C2)NC(=O)c2ccccc2OCCNC1=O. The summed E-state index contributed by atoms with van der Waals surface area (Å²) in [5, 5.41) is 17.9. The largest absolute Gasteiger partial charge is 0.491 e. The number of aliphatic hydroxyl groups is 1. The van der Waals surface area contributed by atoms with Crippen LogP contribution in [0.3, 0.4) is 0 Å². The summed E-state index contributed by atoms with van der Waals surface area (Å²) in [5.74, 6) is -1.76. The van der Waals surface area contributed by atoms with Crippen molar-refractivity contribution in [3.8, 4) is 5.75 Å². The van der Waals surface area contributed by atoms with Crippen LogP contribution in [0.1, 0.15) is 37.0 Å². The number of carbonyl (C=O) groups excluding carboxylic acids is 4. The van der Waals surface area contributed by atoms with Gasteiger partial charge in [-0.25, -0.2) is 0 Å². The number of β-amino-alcohol motifs (C(OH)–C–C–N with tert-alkyl or cyclic N) is 1. The number of nitrogens with zero attached hydrogens (tertiary/aromatic N) is 1. The quantitative estimate of drug-likeness (QED) is 0.480. The molecule has 1 saturated heterocycles. The lowest BCUT2D eigenvalue weighted by molar-refractivity contribution is -0.136. The van der Waals surface area contributed by atoms with E-state index in [1.165, 1.54) is 4.90 Å².